The van der Waals surface area contributed by atoms with Crippen LogP contribution in [0.5, 0.6) is 0 Å². The highest BCUT2D eigenvalue weighted by Gasteiger charge is 2.32. The normalized spacial score (nSPS) is 14.7. The Kier molecular flexibility index (Phi) is 19.5. The van der Waals surface area contributed by atoms with Gasteiger partial charge >= 0.3 is 5.97 Å². The number of amides is 1. The van der Waals surface area contributed by atoms with Crippen LogP contribution in [0.15, 0.2) is 143 Å². The second-order valence-electron chi connectivity index (χ2n) is 20.8. The minimum Gasteiger partial charge on any atom is -0.478 e. The van der Waals surface area contributed by atoms with Crippen molar-refractivity contribution in [2.75, 3.05) is 37.6 Å². The molecule has 0 aliphatic carbocycles. The van der Waals surface area contributed by atoms with Crippen LogP contribution in [0.25, 0.3) is 56.3 Å². The second kappa shape index (κ2) is 26.4. The number of furan rings is 2. The summed E-state index contributed by atoms with van der Waals surface area (Å²) in [5.74, 6) is 1.38. The number of nitrogens with two attached hydrogens (primary N) is 2. The summed E-state index contributed by atoms with van der Waals surface area (Å²) in [4.78, 5) is 58.3. The molecule has 8 aromatic rings. The fraction of sp³-hybridized carbons (Fsp3) is 0.292. The molecule has 0 bridgehead atoms. The Morgan fingerprint density at radius 1 is 0.613 bits per heavy atom. The number of benzene rings is 4. The predicted octanol–water partition coefficient (Wildman–Crippen LogP) is 13.6. The van der Waals surface area contributed by atoms with Crippen LogP contribution in [0.1, 0.15) is 114 Å². The molecule has 0 spiro atoms. The zero-order valence-corrected chi connectivity index (χ0v) is 45.0. The number of alkyl halides is 2. The zero-order chi connectivity index (χ0) is 56.3. The Bertz CT molecular complexity index is 3490. The monoisotopic (exact) mass is 1080 g/mol. The summed E-state index contributed by atoms with van der Waals surface area (Å²) >= 11 is 0. The Hall–Kier alpha value is -8.56. The van der Waals surface area contributed by atoms with Crippen molar-refractivity contribution in [1.29, 1.82) is 0 Å². The largest absolute Gasteiger partial charge is 0.478 e. The topological polar surface area (TPSA) is 208 Å². The SMILES string of the molecule is C.CC1(F)CCNCC1.Cc1cc(-c2ccc(C(=O)N3CCC(C)(F)CC3)cc2)cc2cc(CCC(=O)/C=C/c3ccc(N)nc3)oc12.Cc1cc(-c2ccc(C(=O)O)cc2)cc2cc(CCC(=O)/C=C/c3ccc(N)nc3)oc12. The number of aromatic carboxylic acids is 1. The van der Waals surface area contributed by atoms with Crippen LogP contribution in [0.2, 0.25) is 0 Å². The predicted molar refractivity (Wildman–Crippen MR) is 315 cm³/mol. The summed E-state index contributed by atoms with van der Waals surface area (Å²) in [5, 5.41) is 14.1. The van der Waals surface area contributed by atoms with E-state index in [1.807, 2.05) is 68.4 Å². The van der Waals surface area contributed by atoms with Crippen molar-refractivity contribution in [3.8, 4) is 22.3 Å². The molecule has 2 saturated heterocycles. The van der Waals surface area contributed by atoms with Crippen LogP contribution in [0.3, 0.4) is 0 Å². The number of pyridine rings is 2. The number of ketones is 2. The highest BCUT2D eigenvalue weighted by molar-refractivity contribution is 5.96. The van der Waals surface area contributed by atoms with Gasteiger partial charge in [0, 0.05) is 67.5 Å². The number of piperidine rings is 2. The molecule has 15 heteroatoms. The number of fused-ring (bicyclic) bond motifs is 2. The second-order valence-corrected chi connectivity index (χ2v) is 20.8. The summed E-state index contributed by atoms with van der Waals surface area (Å²) < 4.78 is 39.0. The fourth-order valence-corrected chi connectivity index (χ4v) is 9.33. The Morgan fingerprint density at radius 3 is 1.43 bits per heavy atom. The van der Waals surface area contributed by atoms with E-state index in [0.717, 1.165) is 91.1 Å². The van der Waals surface area contributed by atoms with Gasteiger partial charge in [0.2, 0.25) is 0 Å². The van der Waals surface area contributed by atoms with Crippen molar-refractivity contribution >= 4 is 69.2 Å². The minimum absolute atomic E-state index is 0. The average molecular weight is 1090 g/mol. The van der Waals surface area contributed by atoms with Crippen LogP contribution in [-0.4, -0.2) is 80.9 Å². The summed E-state index contributed by atoms with van der Waals surface area (Å²) in [6.45, 7) is 9.81. The fourth-order valence-electron chi connectivity index (χ4n) is 9.33. The van der Waals surface area contributed by atoms with Gasteiger partial charge in [-0.25, -0.2) is 23.5 Å². The minimum atomic E-state index is -1.19. The lowest BCUT2D eigenvalue weighted by Gasteiger charge is -2.34. The van der Waals surface area contributed by atoms with Gasteiger partial charge in [0.15, 0.2) is 11.6 Å². The van der Waals surface area contributed by atoms with Crippen LogP contribution < -0.4 is 16.8 Å². The third kappa shape index (κ3) is 16.3. The van der Waals surface area contributed by atoms with Crippen molar-refractivity contribution < 1.29 is 41.9 Å². The van der Waals surface area contributed by atoms with E-state index in [1.165, 1.54) is 0 Å². The molecule has 0 saturated carbocycles. The molecular weight excluding hydrogens is 1010 g/mol. The van der Waals surface area contributed by atoms with Crippen LogP contribution in [0, 0.1) is 13.8 Å². The number of likely N-dealkylation sites (tertiary alicyclic amines) is 1. The first-order valence-electron chi connectivity index (χ1n) is 26.5. The standard InChI is InChI=1S/C32H32FN3O3.C26H22N2O4.C6H12FN.CH4/c1-21-17-25(23-5-7-24(8-6-23)31(38)36-15-13-32(2,33)14-16-36)18-26-19-28(39-30(21)26)11-10-27(37)9-3-22-4-12-29(34)35-20-22;1-16-12-20(18-4-6-19(7-5-18)26(30)31)13-21-14-23(32-25(16)21)10-9-22(29)8-2-17-3-11-24(27)28-15-17;1-6(7)2-4-8-5-3-6;/h3-9,12,17-20H,10-11,13-16H2,1-2H3,(H2,34,35);2-8,11-15H,9-10H2,1H3,(H2,27,28)(H,30,31);8H,2-5H2,1H3;1H4/b9-3+;8-2+;;. The van der Waals surface area contributed by atoms with Gasteiger partial charge in [-0.2, -0.15) is 0 Å². The highest BCUT2D eigenvalue weighted by atomic mass is 19.1. The lowest BCUT2D eigenvalue weighted by Crippen LogP contribution is -2.43. The van der Waals surface area contributed by atoms with Gasteiger partial charge in [-0.05, 0) is 220 Å². The van der Waals surface area contributed by atoms with Crippen molar-refractivity contribution in [1.82, 2.24) is 20.2 Å². The van der Waals surface area contributed by atoms with Crippen molar-refractivity contribution in [3.05, 3.63) is 179 Å². The number of hydrogen-bond donors (Lipinski definition) is 4. The number of carboxylic acids is 1. The van der Waals surface area contributed by atoms with Crippen molar-refractivity contribution in [2.45, 2.75) is 97.8 Å². The van der Waals surface area contributed by atoms with Gasteiger partial charge in [0.1, 0.15) is 45.7 Å². The quantitative estimate of drug-likeness (QED) is 0.0750. The van der Waals surface area contributed by atoms with E-state index in [0.29, 0.717) is 81.7 Å². The van der Waals surface area contributed by atoms with E-state index in [-0.39, 0.29) is 30.5 Å². The molecule has 6 heterocycles. The first-order valence-corrected chi connectivity index (χ1v) is 26.5. The molecular formula is C65H70F2N6O7. The Balaban J connectivity index is 0.000000203. The third-order valence-corrected chi connectivity index (χ3v) is 14.2. The van der Waals surface area contributed by atoms with Crippen molar-refractivity contribution in [3.63, 3.8) is 0 Å². The average Bonchev–Trinajstić information content (AvgIpc) is 4.08. The van der Waals surface area contributed by atoms with E-state index in [9.17, 15) is 28.0 Å². The molecule has 10 rings (SSSR count). The molecule has 4 aromatic carbocycles. The number of rotatable bonds is 14. The number of carbonyl (C=O) groups is 4. The number of carbonyl (C=O) groups excluding carboxylic acids is 3. The van der Waals surface area contributed by atoms with E-state index >= 15 is 0 Å². The maximum atomic E-state index is 14.1. The van der Waals surface area contributed by atoms with E-state index in [2.05, 4.69) is 27.4 Å². The van der Waals surface area contributed by atoms with E-state index < -0.39 is 17.3 Å². The number of nitrogen functional groups attached to an aromatic ring is 2. The van der Waals surface area contributed by atoms with E-state index in [4.69, 9.17) is 25.4 Å². The lowest BCUT2D eigenvalue weighted by molar-refractivity contribution is -0.115. The van der Waals surface area contributed by atoms with Crippen LogP contribution >= 0.6 is 0 Å². The molecule has 0 atom stereocenters. The number of hydrogen-bond acceptors (Lipinski definition) is 11. The number of nitrogens with zero attached hydrogens (tertiary/aromatic N) is 3. The van der Waals surface area contributed by atoms with Gasteiger partial charge in [-0.1, -0.05) is 31.7 Å². The number of anilines is 2. The van der Waals surface area contributed by atoms with Gasteiger partial charge in [-0.15, -0.1) is 0 Å². The lowest BCUT2D eigenvalue weighted by atomic mass is 9.95. The molecule has 0 unspecified atom stereocenters. The number of aromatic nitrogens is 2. The molecule has 416 valence electrons. The van der Waals surface area contributed by atoms with Gasteiger partial charge < -0.3 is 35.6 Å². The summed E-state index contributed by atoms with van der Waals surface area (Å²) in [6.07, 6.45) is 13.6. The molecule has 13 nitrogen and oxygen atoms in total. The molecule has 1 amide bonds. The number of carboxylic acid groups (broad SMARTS) is 1. The molecule has 2 fully saturated rings. The number of aryl methyl sites for hydroxylation is 4. The van der Waals surface area contributed by atoms with E-state index in [1.54, 1.807) is 97.9 Å². The maximum absolute atomic E-state index is 14.1. The van der Waals surface area contributed by atoms with Gasteiger partial charge in [0.05, 0.1) is 5.56 Å². The van der Waals surface area contributed by atoms with Gasteiger partial charge in [-0.3, -0.25) is 14.4 Å². The Morgan fingerprint density at radius 2 is 1.04 bits per heavy atom. The molecule has 80 heavy (non-hydrogen) atoms. The molecule has 2 aliphatic heterocycles. The zero-order valence-electron chi connectivity index (χ0n) is 45.0. The molecule has 0 radical (unpaired) electrons. The molecule has 6 N–H and O–H groups in total. The number of allylic oxidation sites excluding steroid dienone is 2. The third-order valence-electron chi connectivity index (χ3n) is 14.2. The van der Waals surface area contributed by atoms with Crippen LogP contribution in [0.4, 0.5) is 20.4 Å². The maximum Gasteiger partial charge on any atom is 0.335 e. The van der Waals surface area contributed by atoms with Crippen LogP contribution in [-0.2, 0) is 22.4 Å². The summed E-state index contributed by atoms with van der Waals surface area (Å²) in [5.41, 5.74) is 19.1. The number of halogens is 2. The van der Waals surface area contributed by atoms with Gasteiger partial charge in [0.25, 0.3) is 5.91 Å². The highest BCUT2D eigenvalue weighted by Crippen LogP contribution is 2.33. The molecule has 2 aliphatic rings. The molecule has 4 aromatic heterocycles. The Labute approximate surface area is 465 Å². The number of nitrogens with one attached hydrogen (secondary N) is 1. The van der Waals surface area contributed by atoms with Crippen molar-refractivity contribution in [2.24, 2.45) is 0 Å². The first kappa shape index (κ1) is 59.1. The summed E-state index contributed by atoms with van der Waals surface area (Å²) in [6, 6.07) is 33.4. The summed E-state index contributed by atoms with van der Waals surface area (Å²) in [7, 11) is 0. The smallest absolute Gasteiger partial charge is 0.335 e. The first-order chi connectivity index (χ1) is 37.8.